The molecule has 0 aromatic heterocycles. The highest BCUT2D eigenvalue weighted by atomic mass is 16.5. The fraction of sp³-hybridized carbons (Fsp3) is 0.364. The van der Waals surface area contributed by atoms with Crippen LogP contribution in [0, 0.1) is 6.92 Å². The van der Waals surface area contributed by atoms with Gasteiger partial charge in [0.1, 0.15) is 12.1 Å². The molecule has 0 bridgehead atoms. The molecule has 1 fully saturated rings. The zero-order valence-electron chi connectivity index (χ0n) is 15.7. The minimum atomic E-state index is -0.927. The lowest BCUT2D eigenvalue weighted by Gasteiger charge is -2.28. The van der Waals surface area contributed by atoms with Crippen LogP contribution in [0.2, 0.25) is 0 Å². The molecule has 0 saturated heterocycles. The highest BCUT2D eigenvalue weighted by molar-refractivity contribution is 5.87. The summed E-state index contributed by atoms with van der Waals surface area (Å²) in [4.78, 5) is 25.2. The summed E-state index contributed by atoms with van der Waals surface area (Å²) in [7, 11) is 0. The molecule has 0 aliphatic heterocycles. The Balaban J connectivity index is 1.58. The third-order valence-corrected chi connectivity index (χ3v) is 5.12. The molecule has 2 N–H and O–H groups in total. The van der Waals surface area contributed by atoms with Crippen LogP contribution in [-0.2, 0) is 22.7 Å². The number of hydrogen-bond donors (Lipinski definition) is 2. The van der Waals surface area contributed by atoms with Crippen molar-refractivity contribution >= 4 is 12.0 Å². The normalized spacial score (nSPS) is 15.1. The average Bonchev–Trinajstić information content (AvgIpc) is 3.16. The Morgan fingerprint density at radius 3 is 2.37 bits per heavy atom. The van der Waals surface area contributed by atoms with Crippen LogP contribution < -0.4 is 10.6 Å². The molecule has 3 rings (SSSR count). The first-order valence-corrected chi connectivity index (χ1v) is 9.41. The summed E-state index contributed by atoms with van der Waals surface area (Å²) in [5, 5.41) is 5.72. The molecule has 0 spiro atoms. The van der Waals surface area contributed by atoms with Crippen molar-refractivity contribution in [2.45, 2.75) is 51.3 Å². The van der Waals surface area contributed by atoms with Crippen LogP contribution in [0.3, 0.4) is 0 Å². The quantitative estimate of drug-likeness (QED) is 0.763. The number of aryl methyl sites for hydroxylation is 1. The summed E-state index contributed by atoms with van der Waals surface area (Å²) >= 11 is 0. The van der Waals surface area contributed by atoms with Gasteiger partial charge in [-0.15, -0.1) is 0 Å². The van der Waals surface area contributed by atoms with Crippen LogP contribution in [0.5, 0.6) is 0 Å². The third-order valence-electron chi connectivity index (χ3n) is 5.12. The predicted octanol–water partition coefficient (Wildman–Crippen LogP) is 3.85. The Morgan fingerprint density at radius 1 is 1.00 bits per heavy atom. The molecule has 0 atom stereocenters. The molecule has 5 nitrogen and oxygen atoms in total. The molecular weight excluding hydrogens is 340 g/mol. The Bertz CT molecular complexity index is 783. The van der Waals surface area contributed by atoms with Crippen molar-refractivity contribution in [1.82, 2.24) is 10.6 Å². The number of esters is 1. The first kappa shape index (κ1) is 19.0. The molecule has 1 aliphatic rings. The SMILES string of the molecule is Cc1ccccc1COC(=O)C1(NC(=O)NCc2ccccc2)CCCC1. The van der Waals surface area contributed by atoms with E-state index in [0.29, 0.717) is 19.4 Å². The first-order chi connectivity index (χ1) is 13.1. The molecule has 2 aromatic carbocycles. The molecule has 0 radical (unpaired) electrons. The lowest BCUT2D eigenvalue weighted by atomic mass is 9.98. The van der Waals surface area contributed by atoms with Crippen molar-refractivity contribution in [3.05, 3.63) is 71.3 Å². The van der Waals surface area contributed by atoms with Crippen molar-refractivity contribution in [3.8, 4) is 0 Å². The van der Waals surface area contributed by atoms with Gasteiger partial charge in [0.15, 0.2) is 0 Å². The smallest absolute Gasteiger partial charge is 0.332 e. The van der Waals surface area contributed by atoms with Gasteiger partial charge in [0.2, 0.25) is 0 Å². The van der Waals surface area contributed by atoms with Gasteiger partial charge in [-0.2, -0.15) is 0 Å². The van der Waals surface area contributed by atoms with Crippen molar-refractivity contribution in [3.63, 3.8) is 0 Å². The Hall–Kier alpha value is -2.82. The number of benzene rings is 2. The molecule has 5 heteroatoms. The van der Waals surface area contributed by atoms with E-state index < -0.39 is 5.54 Å². The maximum Gasteiger partial charge on any atom is 0.332 e. The number of amides is 2. The van der Waals surface area contributed by atoms with Gasteiger partial charge in [-0.25, -0.2) is 9.59 Å². The van der Waals surface area contributed by atoms with E-state index in [1.807, 2.05) is 61.5 Å². The zero-order chi connectivity index (χ0) is 19.1. The molecular formula is C22H26N2O3. The van der Waals surface area contributed by atoms with Crippen LogP contribution >= 0.6 is 0 Å². The summed E-state index contributed by atoms with van der Waals surface area (Å²) in [5.74, 6) is -0.349. The molecule has 142 valence electrons. The second-order valence-electron chi connectivity index (χ2n) is 7.09. The summed E-state index contributed by atoms with van der Waals surface area (Å²) in [6, 6.07) is 17.2. The Labute approximate surface area is 160 Å². The lowest BCUT2D eigenvalue weighted by molar-refractivity contribution is -0.152. The number of carbonyl (C=O) groups excluding carboxylic acids is 2. The summed E-state index contributed by atoms with van der Waals surface area (Å²) in [6.07, 6.45) is 3.02. The van der Waals surface area contributed by atoms with Crippen LogP contribution in [0.4, 0.5) is 4.79 Å². The molecule has 1 aliphatic carbocycles. The topological polar surface area (TPSA) is 67.4 Å². The fourth-order valence-electron chi connectivity index (χ4n) is 3.45. The molecule has 2 amide bonds. The van der Waals surface area contributed by atoms with E-state index in [4.69, 9.17) is 4.74 Å². The first-order valence-electron chi connectivity index (χ1n) is 9.41. The highest BCUT2D eigenvalue weighted by Crippen LogP contribution is 2.31. The van der Waals surface area contributed by atoms with Crippen molar-refractivity contribution < 1.29 is 14.3 Å². The summed E-state index contributed by atoms with van der Waals surface area (Å²) < 4.78 is 5.58. The van der Waals surface area contributed by atoms with E-state index in [0.717, 1.165) is 29.5 Å². The van der Waals surface area contributed by atoms with E-state index >= 15 is 0 Å². The third kappa shape index (κ3) is 4.88. The van der Waals surface area contributed by atoms with Gasteiger partial charge in [-0.1, -0.05) is 67.4 Å². The van der Waals surface area contributed by atoms with Gasteiger partial charge >= 0.3 is 12.0 Å². The largest absolute Gasteiger partial charge is 0.459 e. The molecule has 2 aromatic rings. The second-order valence-corrected chi connectivity index (χ2v) is 7.09. The van der Waals surface area contributed by atoms with Gasteiger partial charge in [-0.3, -0.25) is 0 Å². The number of rotatable bonds is 6. The van der Waals surface area contributed by atoms with Crippen molar-refractivity contribution in [1.29, 1.82) is 0 Å². The molecule has 0 heterocycles. The predicted molar refractivity (Wildman–Crippen MR) is 104 cm³/mol. The molecule has 27 heavy (non-hydrogen) atoms. The van der Waals surface area contributed by atoms with E-state index in [1.54, 1.807) is 0 Å². The molecule has 0 unspecified atom stereocenters. The van der Waals surface area contributed by atoms with Crippen LogP contribution in [0.1, 0.15) is 42.4 Å². The van der Waals surface area contributed by atoms with Gasteiger partial charge in [0.25, 0.3) is 0 Å². The minimum absolute atomic E-state index is 0.223. The average molecular weight is 366 g/mol. The van der Waals surface area contributed by atoms with E-state index in [9.17, 15) is 9.59 Å². The van der Waals surface area contributed by atoms with Gasteiger partial charge in [0, 0.05) is 6.54 Å². The number of urea groups is 1. The number of nitrogens with one attached hydrogen (secondary N) is 2. The maximum absolute atomic E-state index is 12.8. The lowest BCUT2D eigenvalue weighted by Crippen LogP contribution is -2.56. The number of ether oxygens (including phenoxy) is 1. The van der Waals surface area contributed by atoms with Crippen LogP contribution in [0.25, 0.3) is 0 Å². The van der Waals surface area contributed by atoms with Crippen LogP contribution in [0.15, 0.2) is 54.6 Å². The van der Waals surface area contributed by atoms with Gasteiger partial charge < -0.3 is 15.4 Å². The van der Waals surface area contributed by atoms with Crippen LogP contribution in [-0.4, -0.2) is 17.5 Å². The van der Waals surface area contributed by atoms with E-state index in [2.05, 4.69) is 10.6 Å². The monoisotopic (exact) mass is 366 g/mol. The zero-order valence-corrected chi connectivity index (χ0v) is 15.7. The van der Waals surface area contributed by atoms with Gasteiger partial charge in [-0.05, 0) is 36.5 Å². The van der Waals surface area contributed by atoms with E-state index in [1.165, 1.54) is 0 Å². The number of carbonyl (C=O) groups is 2. The summed E-state index contributed by atoms with van der Waals surface area (Å²) in [6.45, 7) is 2.63. The number of hydrogen-bond acceptors (Lipinski definition) is 3. The van der Waals surface area contributed by atoms with E-state index in [-0.39, 0.29) is 18.6 Å². The minimum Gasteiger partial charge on any atom is -0.459 e. The van der Waals surface area contributed by atoms with Crippen molar-refractivity contribution in [2.24, 2.45) is 0 Å². The van der Waals surface area contributed by atoms with Gasteiger partial charge in [0.05, 0.1) is 0 Å². The summed E-state index contributed by atoms with van der Waals surface area (Å²) in [5.41, 5.74) is 2.14. The second kappa shape index (κ2) is 8.71. The van der Waals surface area contributed by atoms with Crippen molar-refractivity contribution in [2.75, 3.05) is 0 Å². The Kier molecular flexibility index (Phi) is 6.12. The Morgan fingerprint density at radius 2 is 1.67 bits per heavy atom. The fourth-order valence-corrected chi connectivity index (χ4v) is 3.45. The maximum atomic E-state index is 12.8. The molecule has 1 saturated carbocycles. The highest BCUT2D eigenvalue weighted by Gasteiger charge is 2.44. The standard InChI is InChI=1S/C22H26N2O3/c1-17-9-5-6-12-19(17)16-27-20(25)22(13-7-8-14-22)24-21(26)23-15-18-10-3-2-4-11-18/h2-6,9-12H,7-8,13-16H2,1H3,(H2,23,24,26).